The number of benzene rings is 3. The summed E-state index contributed by atoms with van der Waals surface area (Å²) in [6, 6.07) is 22.7. The zero-order valence-electron chi connectivity index (χ0n) is 18.2. The summed E-state index contributed by atoms with van der Waals surface area (Å²) in [6.45, 7) is 2.60. The van der Waals surface area contributed by atoms with E-state index in [-0.39, 0.29) is 6.79 Å². The number of ether oxygens (including phenoxy) is 4. The monoisotopic (exact) mass is 462 g/mol. The Labute approximate surface area is 197 Å². The largest absolute Gasteiger partial charge is 0.454 e. The van der Waals surface area contributed by atoms with Gasteiger partial charge >= 0.3 is 5.97 Å². The molecule has 0 radical (unpaired) electrons. The van der Waals surface area contributed by atoms with E-state index in [9.17, 15) is 4.79 Å². The van der Waals surface area contributed by atoms with Gasteiger partial charge in [0.2, 0.25) is 6.79 Å². The molecule has 1 atom stereocenters. The van der Waals surface area contributed by atoms with Gasteiger partial charge in [-0.1, -0.05) is 67.1 Å². The second-order valence-corrected chi connectivity index (χ2v) is 8.38. The van der Waals surface area contributed by atoms with Crippen molar-refractivity contribution in [2.24, 2.45) is 0 Å². The smallest absolute Gasteiger partial charge is 0.342 e. The molecule has 2 heterocycles. The Bertz CT molecular complexity index is 1200. The van der Waals surface area contributed by atoms with Gasteiger partial charge in [0.15, 0.2) is 11.5 Å². The number of halogens is 1. The molecule has 0 N–H and O–H groups in total. The first-order chi connectivity index (χ1) is 16.1. The highest BCUT2D eigenvalue weighted by molar-refractivity contribution is 6.30. The van der Waals surface area contributed by atoms with E-state index in [2.05, 4.69) is 0 Å². The van der Waals surface area contributed by atoms with Gasteiger partial charge in [-0.05, 0) is 41.8 Å². The van der Waals surface area contributed by atoms with Gasteiger partial charge in [0.1, 0.15) is 0 Å². The predicted molar refractivity (Wildman–Crippen MR) is 125 cm³/mol. The van der Waals surface area contributed by atoms with E-state index < -0.39 is 11.8 Å². The average Bonchev–Trinajstić information content (AvgIpc) is 3.41. The van der Waals surface area contributed by atoms with Crippen LogP contribution in [0.5, 0.6) is 11.5 Å². The van der Waals surface area contributed by atoms with Crippen molar-refractivity contribution in [1.82, 2.24) is 0 Å². The zero-order chi connectivity index (χ0) is 22.8. The number of cyclic esters (lactones) is 1. The normalized spacial score (nSPS) is 19.2. The molecule has 0 saturated heterocycles. The van der Waals surface area contributed by atoms with Gasteiger partial charge in [-0.2, -0.15) is 0 Å². The van der Waals surface area contributed by atoms with E-state index in [4.69, 9.17) is 30.5 Å². The molecule has 0 bridgehead atoms. The van der Waals surface area contributed by atoms with Crippen LogP contribution in [-0.4, -0.2) is 19.4 Å². The summed E-state index contributed by atoms with van der Waals surface area (Å²) in [4.78, 5) is 13.4. The number of fused-ring (bicyclic) bond motifs is 1. The lowest BCUT2D eigenvalue weighted by Gasteiger charge is -2.31. The van der Waals surface area contributed by atoms with E-state index in [1.54, 1.807) is 12.1 Å². The molecule has 1 unspecified atom stereocenters. The fourth-order valence-electron chi connectivity index (χ4n) is 4.23. The van der Waals surface area contributed by atoms with Crippen molar-refractivity contribution in [3.05, 3.63) is 100 Å². The summed E-state index contributed by atoms with van der Waals surface area (Å²) >= 11 is 6.16. The van der Waals surface area contributed by atoms with Crippen LogP contribution in [0.1, 0.15) is 30.0 Å². The van der Waals surface area contributed by atoms with Gasteiger partial charge in [-0.3, -0.25) is 0 Å². The summed E-state index contributed by atoms with van der Waals surface area (Å²) in [5.41, 5.74) is 3.68. The number of hydrogen-bond donors (Lipinski definition) is 0. The molecule has 2 aliphatic heterocycles. The van der Waals surface area contributed by atoms with Gasteiger partial charge in [0.25, 0.3) is 5.79 Å². The quantitative estimate of drug-likeness (QED) is 0.409. The number of rotatable bonds is 7. The van der Waals surface area contributed by atoms with E-state index in [1.165, 1.54) is 0 Å². The first kappa shape index (κ1) is 21.6. The third-order valence-corrected chi connectivity index (χ3v) is 6.01. The molecule has 0 fully saturated rings. The van der Waals surface area contributed by atoms with Crippen molar-refractivity contribution in [1.29, 1.82) is 0 Å². The zero-order valence-corrected chi connectivity index (χ0v) is 18.9. The maximum absolute atomic E-state index is 13.4. The number of esters is 1. The highest BCUT2D eigenvalue weighted by Gasteiger charge is 2.50. The Morgan fingerprint density at radius 1 is 0.970 bits per heavy atom. The lowest BCUT2D eigenvalue weighted by atomic mass is 9.87. The standard InChI is InChI=1S/C27H23ClO5/c1-2-14-32-27(20-9-11-21(28)12-10-20)22(15-18-6-4-3-5-7-18)25(26(29)33-27)19-8-13-23-24(16-19)31-17-30-23/h3-13,16H,2,14-15,17H2,1H3. The Morgan fingerprint density at radius 3 is 2.48 bits per heavy atom. The van der Waals surface area contributed by atoms with E-state index in [1.807, 2.05) is 67.6 Å². The Kier molecular flexibility index (Phi) is 5.83. The van der Waals surface area contributed by atoms with E-state index in [0.717, 1.165) is 23.1 Å². The molecule has 5 rings (SSSR count). The molecule has 5 nitrogen and oxygen atoms in total. The molecule has 168 valence electrons. The van der Waals surface area contributed by atoms with Crippen LogP contribution < -0.4 is 9.47 Å². The van der Waals surface area contributed by atoms with Gasteiger partial charge < -0.3 is 18.9 Å². The second-order valence-electron chi connectivity index (χ2n) is 7.95. The third-order valence-electron chi connectivity index (χ3n) is 5.76. The molecule has 0 aliphatic carbocycles. The fourth-order valence-corrected chi connectivity index (χ4v) is 4.35. The van der Waals surface area contributed by atoms with Crippen LogP contribution in [0.3, 0.4) is 0 Å². The van der Waals surface area contributed by atoms with Crippen LogP contribution in [0, 0.1) is 0 Å². The van der Waals surface area contributed by atoms with Crippen molar-refractivity contribution < 1.29 is 23.7 Å². The van der Waals surface area contributed by atoms with Gasteiger partial charge in [-0.15, -0.1) is 0 Å². The topological polar surface area (TPSA) is 54.0 Å². The number of carbonyl (C=O) groups is 1. The average molecular weight is 463 g/mol. The van der Waals surface area contributed by atoms with Gasteiger partial charge in [0, 0.05) is 22.6 Å². The first-order valence-electron chi connectivity index (χ1n) is 10.9. The van der Waals surface area contributed by atoms with Crippen molar-refractivity contribution in [2.75, 3.05) is 13.4 Å². The molecule has 0 spiro atoms. The summed E-state index contributed by atoms with van der Waals surface area (Å²) in [5.74, 6) is -0.531. The molecular weight excluding hydrogens is 440 g/mol. The third kappa shape index (κ3) is 3.99. The Hall–Kier alpha value is -3.28. The lowest BCUT2D eigenvalue weighted by Crippen LogP contribution is -2.34. The highest BCUT2D eigenvalue weighted by Crippen LogP contribution is 2.48. The van der Waals surface area contributed by atoms with E-state index in [0.29, 0.717) is 40.7 Å². The minimum absolute atomic E-state index is 0.160. The minimum atomic E-state index is -1.35. The molecule has 3 aromatic carbocycles. The molecule has 6 heteroatoms. The summed E-state index contributed by atoms with van der Waals surface area (Å²) in [5, 5.41) is 0.596. The van der Waals surface area contributed by atoms with Crippen molar-refractivity contribution >= 4 is 23.1 Å². The first-order valence-corrected chi connectivity index (χ1v) is 11.3. The minimum Gasteiger partial charge on any atom is -0.454 e. The predicted octanol–water partition coefficient (Wildman–Crippen LogP) is 5.90. The fraction of sp³-hybridized carbons (Fsp3) is 0.222. The summed E-state index contributed by atoms with van der Waals surface area (Å²) in [6.07, 6.45) is 1.24. The molecular formula is C27H23ClO5. The van der Waals surface area contributed by atoms with E-state index >= 15 is 0 Å². The van der Waals surface area contributed by atoms with Crippen LogP contribution in [0.25, 0.3) is 5.57 Å². The molecule has 33 heavy (non-hydrogen) atoms. The molecule has 3 aromatic rings. The summed E-state index contributed by atoms with van der Waals surface area (Å²) in [7, 11) is 0. The van der Waals surface area contributed by atoms with Crippen LogP contribution >= 0.6 is 11.6 Å². The highest BCUT2D eigenvalue weighted by atomic mass is 35.5. The second kappa shape index (κ2) is 8.93. The van der Waals surface area contributed by atoms with Crippen molar-refractivity contribution in [3.8, 4) is 11.5 Å². The molecule has 0 amide bonds. The van der Waals surface area contributed by atoms with Gasteiger partial charge in [-0.25, -0.2) is 4.79 Å². The Balaban J connectivity index is 1.72. The maximum Gasteiger partial charge on any atom is 0.342 e. The molecule has 0 saturated carbocycles. The summed E-state index contributed by atoms with van der Waals surface area (Å²) < 4.78 is 23.5. The van der Waals surface area contributed by atoms with Crippen LogP contribution in [0.2, 0.25) is 5.02 Å². The number of carbonyl (C=O) groups excluding carboxylic acids is 1. The van der Waals surface area contributed by atoms with Gasteiger partial charge in [0.05, 0.1) is 12.2 Å². The van der Waals surface area contributed by atoms with Crippen molar-refractivity contribution in [3.63, 3.8) is 0 Å². The number of hydrogen-bond acceptors (Lipinski definition) is 5. The van der Waals surface area contributed by atoms with Crippen LogP contribution in [0.4, 0.5) is 0 Å². The molecule has 2 aliphatic rings. The van der Waals surface area contributed by atoms with Crippen molar-refractivity contribution in [2.45, 2.75) is 25.6 Å². The SMILES string of the molecule is CCCOC1(c2ccc(Cl)cc2)OC(=O)C(c2ccc3c(c2)OCO3)=C1Cc1ccccc1. The molecule has 0 aromatic heterocycles. The Morgan fingerprint density at radius 2 is 1.73 bits per heavy atom. The maximum atomic E-state index is 13.4. The van der Waals surface area contributed by atoms with Crippen LogP contribution in [0.15, 0.2) is 78.4 Å². The van der Waals surface area contributed by atoms with Crippen LogP contribution in [-0.2, 0) is 26.5 Å². The lowest BCUT2D eigenvalue weighted by molar-refractivity contribution is -0.208.